The molecule has 0 aliphatic carbocycles. The van der Waals surface area contributed by atoms with Gasteiger partial charge in [-0.2, -0.15) is 0 Å². The molecule has 88 valence electrons. The van der Waals surface area contributed by atoms with Gasteiger partial charge in [-0.05, 0) is 17.7 Å². The monoisotopic (exact) mass is 228 g/mol. The van der Waals surface area contributed by atoms with Gasteiger partial charge in [-0.3, -0.25) is 10.1 Å². The third-order valence-corrected chi connectivity index (χ3v) is 2.14. The van der Waals surface area contributed by atoms with Gasteiger partial charge in [-0.1, -0.05) is 0 Å². The Morgan fingerprint density at radius 1 is 1.44 bits per heavy atom. The highest BCUT2D eigenvalue weighted by atomic mass is 16.6. The van der Waals surface area contributed by atoms with Gasteiger partial charge in [0.15, 0.2) is 5.75 Å². The number of nitrogens with two attached hydrogens (primary N) is 1. The van der Waals surface area contributed by atoms with E-state index in [-0.39, 0.29) is 12.1 Å². The standard InChI is InChI=1S/C9H12N2O5/c10-4-8(13)9(14)5-1-2-6(11(15)16)7(12)3-5/h1-3,8-9,12-14H,4,10H2. The van der Waals surface area contributed by atoms with E-state index in [1.54, 1.807) is 0 Å². The maximum absolute atomic E-state index is 10.4. The number of benzene rings is 1. The van der Waals surface area contributed by atoms with Crippen LogP contribution in [0.15, 0.2) is 18.2 Å². The molecule has 16 heavy (non-hydrogen) atoms. The van der Waals surface area contributed by atoms with Crippen molar-refractivity contribution in [1.29, 1.82) is 0 Å². The Morgan fingerprint density at radius 3 is 2.50 bits per heavy atom. The van der Waals surface area contributed by atoms with Gasteiger partial charge >= 0.3 is 5.69 Å². The summed E-state index contributed by atoms with van der Waals surface area (Å²) >= 11 is 0. The average Bonchev–Trinajstić information content (AvgIpc) is 2.26. The molecule has 1 aromatic carbocycles. The molecule has 7 nitrogen and oxygen atoms in total. The number of nitro groups is 1. The molecule has 0 saturated carbocycles. The first-order valence-electron chi connectivity index (χ1n) is 4.51. The highest BCUT2D eigenvalue weighted by Crippen LogP contribution is 2.29. The largest absolute Gasteiger partial charge is 0.502 e. The predicted octanol–water partition coefficient (Wildman–Crippen LogP) is -0.347. The number of hydrogen-bond acceptors (Lipinski definition) is 6. The van der Waals surface area contributed by atoms with Crippen LogP contribution in [0, 0.1) is 10.1 Å². The molecule has 0 amide bonds. The molecule has 0 spiro atoms. The lowest BCUT2D eigenvalue weighted by Gasteiger charge is -2.16. The molecule has 0 aromatic heterocycles. The zero-order chi connectivity index (χ0) is 12.3. The van der Waals surface area contributed by atoms with Gasteiger partial charge in [0.05, 0.1) is 11.0 Å². The molecule has 0 bridgehead atoms. The molecule has 2 unspecified atom stereocenters. The van der Waals surface area contributed by atoms with Crippen LogP contribution in [0.25, 0.3) is 0 Å². The quantitative estimate of drug-likeness (QED) is 0.411. The summed E-state index contributed by atoms with van der Waals surface area (Å²) in [6.07, 6.45) is -2.46. The van der Waals surface area contributed by atoms with E-state index in [1.165, 1.54) is 6.07 Å². The van der Waals surface area contributed by atoms with E-state index in [1.807, 2.05) is 0 Å². The third kappa shape index (κ3) is 2.45. The Kier molecular flexibility index (Phi) is 3.78. The van der Waals surface area contributed by atoms with E-state index in [4.69, 9.17) is 5.73 Å². The summed E-state index contributed by atoms with van der Waals surface area (Å²) in [5, 5.41) is 38.5. The van der Waals surface area contributed by atoms with Gasteiger partial charge in [0.1, 0.15) is 6.10 Å². The van der Waals surface area contributed by atoms with Gasteiger partial charge < -0.3 is 21.1 Å². The van der Waals surface area contributed by atoms with E-state index in [0.29, 0.717) is 0 Å². The van der Waals surface area contributed by atoms with Crippen LogP contribution in [0.2, 0.25) is 0 Å². The molecule has 0 fully saturated rings. The minimum atomic E-state index is -1.28. The fourth-order valence-electron chi connectivity index (χ4n) is 1.23. The zero-order valence-corrected chi connectivity index (χ0v) is 8.28. The summed E-state index contributed by atoms with van der Waals surface area (Å²) in [4.78, 5) is 9.66. The third-order valence-electron chi connectivity index (χ3n) is 2.14. The van der Waals surface area contributed by atoms with Crippen LogP contribution in [0.3, 0.4) is 0 Å². The second-order valence-corrected chi connectivity index (χ2v) is 3.25. The molecule has 0 heterocycles. The van der Waals surface area contributed by atoms with Crippen LogP contribution in [0.5, 0.6) is 5.75 Å². The highest BCUT2D eigenvalue weighted by molar-refractivity contribution is 5.47. The van der Waals surface area contributed by atoms with Crippen molar-refractivity contribution in [1.82, 2.24) is 0 Å². The molecule has 5 N–H and O–H groups in total. The van der Waals surface area contributed by atoms with Crippen molar-refractivity contribution >= 4 is 5.69 Å². The Balaban J connectivity index is 3.01. The summed E-state index contributed by atoms with van der Waals surface area (Å²) in [5.74, 6) is -0.564. The molecular formula is C9H12N2O5. The number of aliphatic hydroxyl groups is 2. The highest BCUT2D eigenvalue weighted by Gasteiger charge is 2.20. The Hall–Kier alpha value is -1.70. The zero-order valence-electron chi connectivity index (χ0n) is 8.28. The lowest BCUT2D eigenvalue weighted by molar-refractivity contribution is -0.385. The molecular weight excluding hydrogens is 216 g/mol. The number of aliphatic hydroxyl groups excluding tert-OH is 2. The number of phenolic OH excluding ortho intramolecular Hbond substituents is 1. The molecule has 7 heteroatoms. The fourth-order valence-corrected chi connectivity index (χ4v) is 1.23. The first kappa shape index (κ1) is 12.4. The first-order chi connectivity index (χ1) is 7.47. The number of phenols is 1. The van der Waals surface area contributed by atoms with E-state index in [2.05, 4.69) is 0 Å². The molecule has 0 aliphatic heterocycles. The van der Waals surface area contributed by atoms with Crippen LogP contribution in [-0.4, -0.2) is 32.9 Å². The van der Waals surface area contributed by atoms with Crippen molar-refractivity contribution in [2.45, 2.75) is 12.2 Å². The summed E-state index contributed by atoms with van der Waals surface area (Å²) < 4.78 is 0. The number of nitrogens with zero attached hydrogens (tertiary/aromatic N) is 1. The summed E-state index contributed by atoms with van der Waals surface area (Å²) in [6, 6.07) is 3.33. The van der Waals surface area contributed by atoms with Crippen LogP contribution in [0.1, 0.15) is 11.7 Å². The van der Waals surface area contributed by atoms with E-state index < -0.39 is 28.6 Å². The Bertz CT molecular complexity index is 395. The Labute approximate surface area is 90.9 Å². The average molecular weight is 228 g/mol. The SMILES string of the molecule is NCC(O)C(O)c1ccc([N+](=O)[O-])c(O)c1. The second-order valence-electron chi connectivity index (χ2n) is 3.25. The van der Waals surface area contributed by atoms with Crippen LogP contribution < -0.4 is 5.73 Å². The molecule has 0 saturated heterocycles. The van der Waals surface area contributed by atoms with Crippen molar-refractivity contribution in [3.63, 3.8) is 0 Å². The van der Waals surface area contributed by atoms with E-state index >= 15 is 0 Å². The normalized spacial score (nSPS) is 14.4. The summed E-state index contributed by atoms with van der Waals surface area (Å²) in [5.41, 5.74) is 4.85. The van der Waals surface area contributed by atoms with Gasteiger partial charge in [0.25, 0.3) is 0 Å². The lowest BCUT2D eigenvalue weighted by atomic mass is 10.0. The predicted molar refractivity (Wildman–Crippen MR) is 54.8 cm³/mol. The maximum atomic E-state index is 10.4. The van der Waals surface area contributed by atoms with Crippen molar-refractivity contribution in [2.24, 2.45) is 5.73 Å². The van der Waals surface area contributed by atoms with Gasteiger partial charge in [0, 0.05) is 12.6 Å². The van der Waals surface area contributed by atoms with Crippen LogP contribution in [-0.2, 0) is 0 Å². The van der Waals surface area contributed by atoms with Crippen LogP contribution >= 0.6 is 0 Å². The van der Waals surface area contributed by atoms with Crippen molar-refractivity contribution in [3.05, 3.63) is 33.9 Å². The summed E-state index contributed by atoms with van der Waals surface area (Å²) in [7, 11) is 0. The van der Waals surface area contributed by atoms with E-state index in [9.17, 15) is 25.4 Å². The molecule has 0 aliphatic rings. The first-order valence-corrected chi connectivity index (χ1v) is 4.51. The van der Waals surface area contributed by atoms with Gasteiger partial charge in [0.2, 0.25) is 0 Å². The van der Waals surface area contributed by atoms with Gasteiger partial charge in [-0.25, -0.2) is 0 Å². The maximum Gasteiger partial charge on any atom is 0.310 e. The minimum absolute atomic E-state index is 0.154. The second kappa shape index (κ2) is 4.88. The van der Waals surface area contributed by atoms with E-state index in [0.717, 1.165) is 12.1 Å². The number of hydrogen-bond donors (Lipinski definition) is 4. The molecule has 1 rings (SSSR count). The number of rotatable bonds is 4. The molecule has 2 atom stereocenters. The minimum Gasteiger partial charge on any atom is -0.502 e. The van der Waals surface area contributed by atoms with Crippen LogP contribution in [0.4, 0.5) is 5.69 Å². The topological polar surface area (TPSA) is 130 Å². The summed E-state index contributed by atoms with van der Waals surface area (Å²) in [6.45, 7) is -0.154. The Morgan fingerprint density at radius 2 is 2.06 bits per heavy atom. The smallest absolute Gasteiger partial charge is 0.310 e. The van der Waals surface area contributed by atoms with Gasteiger partial charge in [-0.15, -0.1) is 0 Å². The number of nitro benzene ring substituents is 1. The van der Waals surface area contributed by atoms with Crippen molar-refractivity contribution < 1.29 is 20.2 Å². The van der Waals surface area contributed by atoms with Crippen molar-refractivity contribution in [2.75, 3.05) is 6.54 Å². The fraction of sp³-hybridized carbons (Fsp3) is 0.333. The lowest BCUT2D eigenvalue weighted by Crippen LogP contribution is -2.27. The number of aromatic hydroxyl groups is 1. The van der Waals surface area contributed by atoms with Crippen molar-refractivity contribution in [3.8, 4) is 5.75 Å². The molecule has 1 aromatic rings. The molecule has 0 radical (unpaired) electrons.